The number of carbonyl (C=O) groups is 2. The van der Waals surface area contributed by atoms with E-state index in [1.54, 1.807) is 29.0 Å². The minimum atomic E-state index is -0.0963. The molecule has 3 aromatic rings. The van der Waals surface area contributed by atoms with Gasteiger partial charge < -0.3 is 14.5 Å². The highest BCUT2D eigenvalue weighted by molar-refractivity contribution is 5.98. The van der Waals surface area contributed by atoms with E-state index in [9.17, 15) is 9.59 Å². The lowest BCUT2D eigenvalue weighted by Gasteiger charge is -2.35. The van der Waals surface area contributed by atoms with Crippen molar-refractivity contribution in [3.05, 3.63) is 66.0 Å². The van der Waals surface area contributed by atoms with E-state index in [0.29, 0.717) is 43.9 Å². The van der Waals surface area contributed by atoms with Crippen LogP contribution in [0.15, 0.2) is 54.9 Å². The topological polar surface area (TPSA) is 93.5 Å². The van der Waals surface area contributed by atoms with Gasteiger partial charge in [0.25, 0.3) is 5.91 Å². The number of methoxy groups -OCH3 is 1. The molecule has 0 bridgehead atoms. The predicted molar refractivity (Wildman–Crippen MR) is 108 cm³/mol. The van der Waals surface area contributed by atoms with Gasteiger partial charge in [-0.2, -0.15) is 4.68 Å². The van der Waals surface area contributed by atoms with Crippen molar-refractivity contribution in [2.45, 2.75) is 6.42 Å². The van der Waals surface area contributed by atoms with Gasteiger partial charge in [-0.25, -0.2) is 0 Å². The average Bonchev–Trinajstić information content (AvgIpc) is 3.34. The smallest absolute Gasteiger partial charge is 0.256 e. The standard InChI is InChI=1S/C21H22N6O3/c1-30-17-6-4-5-16(13-17)14-20(28)25-9-11-26(12-10-25)21(29)18-7-2-3-8-19(18)27-15-22-23-24-27/h2-8,13,15H,9-12,14H2,1H3. The molecule has 1 aliphatic heterocycles. The Morgan fingerprint density at radius 1 is 1.00 bits per heavy atom. The third-order valence-corrected chi connectivity index (χ3v) is 5.14. The van der Waals surface area contributed by atoms with Crippen LogP contribution in [-0.4, -0.2) is 75.1 Å². The Kier molecular flexibility index (Phi) is 5.69. The molecule has 9 heteroatoms. The van der Waals surface area contributed by atoms with Crippen molar-refractivity contribution in [3.63, 3.8) is 0 Å². The fourth-order valence-electron chi connectivity index (χ4n) is 3.52. The number of aromatic nitrogens is 4. The number of amides is 2. The summed E-state index contributed by atoms with van der Waals surface area (Å²) in [5.74, 6) is 0.683. The van der Waals surface area contributed by atoms with E-state index in [4.69, 9.17) is 4.74 Å². The number of tetrazole rings is 1. The second kappa shape index (κ2) is 8.73. The highest BCUT2D eigenvalue weighted by atomic mass is 16.5. The van der Waals surface area contributed by atoms with E-state index in [0.717, 1.165) is 11.3 Å². The zero-order chi connectivity index (χ0) is 20.9. The van der Waals surface area contributed by atoms with Gasteiger partial charge in [0.1, 0.15) is 12.1 Å². The number of rotatable bonds is 5. The molecule has 1 fully saturated rings. The first kappa shape index (κ1) is 19.6. The van der Waals surface area contributed by atoms with E-state index in [2.05, 4.69) is 15.5 Å². The average molecular weight is 406 g/mol. The van der Waals surface area contributed by atoms with Crippen LogP contribution in [0.5, 0.6) is 5.75 Å². The Bertz CT molecular complexity index is 1030. The van der Waals surface area contributed by atoms with Crippen LogP contribution in [0.2, 0.25) is 0 Å². The summed E-state index contributed by atoms with van der Waals surface area (Å²) in [6, 6.07) is 14.7. The molecule has 0 spiro atoms. The Hall–Kier alpha value is -3.75. The summed E-state index contributed by atoms with van der Waals surface area (Å²) < 4.78 is 6.69. The molecule has 1 aromatic heterocycles. The van der Waals surface area contributed by atoms with Crippen LogP contribution in [0.1, 0.15) is 15.9 Å². The highest BCUT2D eigenvalue weighted by Gasteiger charge is 2.26. The molecule has 0 N–H and O–H groups in total. The molecule has 0 atom stereocenters. The number of carbonyl (C=O) groups excluding carboxylic acids is 2. The summed E-state index contributed by atoms with van der Waals surface area (Å²) in [5, 5.41) is 11.2. The van der Waals surface area contributed by atoms with Crippen molar-refractivity contribution < 1.29 is 14.3 Å². The minimum absolute atomic E-state index is 0.0458. The number of piperazine rings is 1. The molecule has 9 nitrogen and oxygen atoms in total. The van der Waals surface area contributed by atoms with Gasteiger partial charge in [-0.15, -0.1) is 5.10 Å². The number of para-hydroxylation sites is 1. The summed E-state index contributed by atoms with van der Waals surface area (Å²) in [4.78, 5) is 29.3. The molecular formula is C21H22N6O3. The van der Waals surface area contributed by atoms with Gasteiger partial charge in [-0.05, 0) is 40.3 Å². The number of benzene rings is 2. The Morgan fingerprint density at radius 3 is 2.50 bits per heavy atom. The number of hydrogen-bond acceptors (Lipinski definition) is 6. The van der Waals surface area contributed by atoms with Gasteiger partial charge in [0.2, 0.25) is 5.91 Å². The zero-order valence-corrected chi connectivity index (χ0v) is 16.6. The first-order valence-electron chi connectivity index (χ1n) is 9.68. The SMILES string of the molecule is COc1cccc(CC(=O)N2CCN(C(=O)c3ccccc3-n3cnnn3)CC2)c1. The van der Waals surface area contributed by atoms with E-state index < -0.39 is 0 Å². The maximum absolute atomic E-state index is 13.1. The molecule has 0 unspecified atom stereocenters. The lowest BCUT2D eigenvalue weighted by molar-refractivity contribution is -0.131. The molecule has 4 rings (SSSR count). The molecule has 2 amide bonds. The number of ether oxygens (including phenoxy) is 1. The fraction of sp³-hybridized carbons (Fsp3) is 0.286. The number of hydrogen-bond donors (Lipinski definition) is 0. The van der Waals surface area contributed by atoms with Gasteiger partial charge in [0, 0.05) is 26.2 Å². The third-order valence-electron chi connectivity index (χ3n) is 5.14. The highest BCUT2D eigenvalue weighted by Crippen LogP contribution is 2.18. The van der Waals surface area contributed by atoms with Crippen molar-refractivity contribution in [2.24, 2.45) is 0 Å². The number of nitrogens with zero attached hydrogens (tertiary/aromatic N) is 6. The monoisotopic (exact) mass is 406 g/mol. The van der Waals surface area contributed by atoms with Crippen LogP contribution in [-0.2, 0) is 11.2 Å². The van der Waals surface area contributed by atoms with E-state index in [1.165, 1.54) is 11.0 Å². The third kappa shape index (κ3) is 4.14. The van der Waals surface area contributed by atoms with Crippen molar-refractivity contribution in [1.29, 1.82) is 0 Å². The second-order valence-electron chi connectivity index (χ2n) is 6.97. The van der Waals surface area contributed by atoms with Crippen molar-refractivity contribution in [1.82, 2.24) is 30.0 Å². The molecule has 30 heavy (non-hydrogen) atoms. The lowest BCUT2D eigenvalue weighted by atomic mass is 10.1. The molecule has 1 aliphatic rings. The first-order chi connectivity index (χ1) is 14.7. The maximum atomic E-state index is 13.1. The largest absolute Gasteiger partial charge is 0.497 e. The van der Waals surface area contributed by atoms with Gasteiger partial charge in [0.05, 0.1) is 24.8 Å². The van der Waals surface area contributed by atoms with Crippen LogP contribution in [0.25, 0.3) is 5.69 Å². The van der Waals surface area contributed by atoms with Crippen molar-refractivity contribution >= 4 is 11.8 Å². The first-order valence-corrected chi connectivity index (χ1v) is 9.68. The van der Waals surface area contributed by atoms with Crippen LogP contribution in [0.4, 0.5) is 0 Å². The minimum Gasteiger partial charge on any atom is -0.497 e. The molecule has 2 heterocycles. The molecule has 0 aliphatic carbocycles. The molecule has 0 saturated carbocycles. The van der Waals surface area contributed by atoms with E-state index in [1.807, 2.05) is 36.4 Å². The van der Waals surface area contributed by atoms with Crippen molar-refractivity contribution in [3.8, 4) is 11.4 Å². The van der Waals surface area contributed by atoms with Gasteiger partial charge in [-0.1, -0.05) is 24.3 Å². The van der Waals surface area contributed by atoms with Gasteiger partial charge >= 0.3 is 0 Å². The van der Waals surface area contributed by atoms with Gasteiger partial charge in [0.15, 0.2) is 0 Å². The Labute approximate surface area is 173 Å². The van der Waals surface area contributed by atoms with Crippen LogP contribution in [0, 0.1) is 0 Å². The summed E-state index contributed by atoms with van der Waals surface area (Å²) in [5.41, 5.74) is 2.07. The zero-order valence-electron chi connectivity index (χ0n) is 16.6. The van der Waals surface area contributed by atoms with Crippen LogP contribution >= 0.6 is 0 Å². The summed E-state index contributed by atoms with van der Waals surface area (Å²) in [6.45, 7) is 1.96. The molecule has 0 radical (unpaired) electrons. The van der Waals surface area contributed by atoms with Crippen LogP contribution < -0.4 is 4.74 Å². The quantitative estimate of drug-likeness (QED) is 0.632. The molecular weight excluding hydrogens is 384 g/mol. The van der Waals surface area contributed by atoms with Crippen molar-refractivity contribution in [2.75, 3.05) is 33.3 Å². The molecule has 154 valence electrons. The Morgan fingerprint density at radius 2 is 1.77 bits per heavy atom. The summed E-state index contributed by atoms with van der Waals surface area (Å²) >= 11 is 0. The van der Waals surface area contributed by atoms with Gasteiger partial charge in [-0.3, -0.25) is 9.59 Å². The lowest BCUT2D eigenvalue weighted by Crippen LogP contribution is -2.51. The normalized spacial score (nSPS) is 13.9. The predicted octanol–water partition coefficient (Wildman–Crippen LogP) is 1.20. The summed E-state index contributed by atoms with van der Waals surface area (Å²) in [6.07, 6.45) is 1.77. The molecule has 2 aromatic carbocycles. The van der Waals surface area contributed by atoms with E-state index in [-0.39, 0.29) is 11.8 Å². The maximum Gasteiger partial charge on any atom is 0.256 e. The second-order valence-corrected chi connectivity index (χ2v) is 6.97. The van der Waals surface area contributed by atoms with Crippen LogP contribution in [0.3, 0.4) is 0 Å². The van der Waals surface area contributed by atoms with E-state index >= 15 is 0 Å². The Balaban J connectivity index is 1.39. The summed E-state index contributed by atoms with van der Waals surface area (Å²) in [7, 11) is 1.61. The molecule has 1 saturated heterocycles. The fourth-order valence-corrected chi connectivity index (χ4v) is 3.52.